The summed E-state index contributed by atoms with van der Waals surface area (Å²) in [5, 5.41) is 7.19. The Labute approximate surface area is 157 Å². The van der Waals surface area contributed by atoms with Gasteiger partial charge in [-0.25, -0.2) is 0 Å². The summed E-state index contributed by atoms with van der Waals surface area (Å²) in [5.74, 6) is 0.0148. The molecule has 4 heteroatoms. The fourth-order valence-corrected chi connectivity index (χ4v) is 3.08. The standard InChI is InChI=1S/C23H20N2O2/c1-16-8-7-11-18(14-16)25-23(26)22-21(19-12-5-6-13-20(19)27-22)24-15-17-9-3-2-4-10-17/h2-14,24H,15H2,1H3,(H,25,26). The minimum Gasteiger partial charge on any atom is -0.449 e. The minimum atomic E-state index is -0.271. The van der Waals surface area contributed by atoms with Crippen molar-refractivity contribution in [2.24, 2.45) is 0 Å². The molecule has 27 heavy (non-hydrogen) atoms. The van der Waals surface area contributed by atoms with Crippen molar-refractivity contribution in [1.82, 2.24) is 0 Å². The lowest BCUT2D eigenvalue weighted by molar-refractivity contribution is 0.0999. The van der Waals surface area contributed by atoms with E-state index in [0.717, 1.165) is 22.2 Å². The van der Waals surface area contributed by atoms with Crippen LogP contribution in [0.1, 0.15) is 21.7 Å². The molecule has 0 saturated heterocycles. The number of hydrogen-bond donors (Lipinski definition) is 2. The van der Waals surface area contributed by atoms with Gasteiger partial charge in [0.05, 0.1) is 5.69 Å². The van der Waals surface area contributed by atoms with Crippen molar-refractivity contribution in [1.29, 1.82) is 0 Å². The number of furan rings is 1. The zero-order valence-electron chi connectivity index (χ0n) is 15.0. The fourth-order valence-electron chi connectivity index (χ4n) is 3.08. The Bertz CT molecular complexity index is 1080. The number of amides is 1. The predicted molar refractivity (Wildman–Crippen MR) is 109 cm³/mol. The van der Waals surface area contributed by atoms with Gasteiger partial charge in [0.15, 0.2) is 0 Å². The topological polar surface area (TPSA) is 54.3 Å². The molecule has 4 nitrogen and oxygen atoms in total. The number of benzene rings is 3. The van der Waals surface area contributed by atoms with Gasteiger partial charge < -0.3 is 15.1 Å². The number of nitrogens with one attached hydrogen (secondary N) is 2. The largest absolute Gasteiger partial charge is 0.449 e. The third kappa shape index (κ3) is 3.70. The van der Waals surface area contributed by atoms with E-state index >= 15 is 0 Å². The summed E-state index contributed by atoms with van der Waals surface area (Å²) in [6.45, 7) is 2.60. The van der Waals surface area contributed by atoms with Crippen molar-refractivity contribution in [2.45, 2.75) is 13.5 Å². The van der Waals surface area contributed by atoms with Gasteiger partial charge in [-0.2, -0.15) is 0 Å². The van der Waals surface area contributed by atoms with Gasteiger partial charge in [-0.05, 0) is 42.3 Å². The molecule has 0 aliphatic heterocycles. The second-order valence-electron chi connectivity index (χ2n) is 6.47. The van der Waals surface area contributed by atoms with Crippen LogP contribution < -0.4 is 10.6 Å². The van der Waals surface area contributed by atoms with E-state index in [1.165, 1.54) is 0 Å². The fraction of sp³-hybridized carbons (Fsp3) is 0.0870. The molecule has 0 unspecified atom stereocenters. The highest BCUT2D eigenvalue weighted by Gasteiger charge is 2.20. The minimum absolute atomic E-state index is 0.271. The molecule has 0 radical (unpaired) electrons. The van der Waals surface area contributed by atoms with Crippen LogP contribution in [0.2, 0.25) is 0 Å². The number of aryl methyl sites for hydroxylation is 1. The van der Waals surface area contributed by atoms with E-state index in [1.807, 2.05) is 85.8 Å². The number of carbonyl (C=O) groups is 1. The van der Waals surface area contributed by atoms with Gasteiger partial charge in [-0.1, -0.05) is 54.6 Å². The number of carbonyl (C=O) groups excluding carboxylic acids is 1. The zero-order valence-corrected chi connectivity index (χ0v) is 15.0. The average molecular weight is 356 g/mol. The molecule has 1 amide bonds. The second kappa shape index (κ2) is 7.38. The van der Waals surface area contributed by atoms with Crippen LogP contribution in [-0.2, 0) is 6.54 Å². The normalized spacial score (nSPS) is 10.7. The van der Waals surface area contributed by atoms with Gasteiger partial charge in [0.2, 0.25) is 5.76 Å². The first-order valence-electron chi connectivity index (χ1n) is 8.88. The molecular weight excluding hydrogens is 336 g/mol. The van der Waals surface area contributed by atoms with E-state index in [2.05, 4.69) is 10.6 Å². The maximum absolute atomic E-state index is 12.9. The molecule has 0 aliphatic rings. The van der Waals surface area contributed by atoms with Gasteiger partial charge in [-0.15, -0.1) is 0 Å². The van der Waals surface area contributed by atoms with Crippen molar-refractivity contribution in [3.8, 4) is 0 Å². The van der Waals surface area contributed by atoms with Crippen LogP contribution in [0.4, 0.5) is 11.4 Å². The maximum atomic E-state index is 12.9. The van der Waals surface area contributed by atoms with Crippen LogP contribution in [0, 0.1) is 6.92 Å². The summed E-state index contributed by atoms with van der Waals surface area (Å²) < 4.78 is 5.88. The highest BCUT2D eigenvalue weighted by atomic mass is 16.3. The highest BCUT2D eigenvalue weighted by molar-refractivity contribution is 6.11. The molecular formula is C23H20N2O2. The summed E-state index contributed by atoms with van der Waals surface area (Å²) in [6, 6.07) is 25.4. The summed E-state index contributed by atoms with van der Waals surface area (Å²) in [4.78, 5) is 12.9. The van der Waals surface area contributed by atoms with Crippen molar-refractivity contribution in [3.63, 3.8) is 0 Å². The zero-order chi connectivity index (χ0) is 18.6. The summed E-state index contributed by atoms with van der Waals surface area (Å²) in [6.07, 6.45) is 0. The molecule has 3 aromatic carbocycles. The van der Waals surface area contributed by atoms with Crippen molar-refractivity contribution >= 4 is 28.3 Å². The van der Waals surface area contributed by atoms with E-state index in [-0.39, 0.29) is 11.7 Å². The molecule has 0 spiro atoms. The molecule has 0 bridgehead atoms. The van der Waals surface area contributed by atoms with Crippen LogP contribution in [0.15, 0.2) is 83.3 Å². The van der Waals surface area contributed by atoms with E-state index in [4.69, 9.17) is 4.42 Å². The molecule has 1 aromatic heterocycles. The maximum Gasteiger partial charge on any atom is 0.293 e. The molecule has 4 rings (SSSR count). The number of para-hydroxylation sites is 1. The molecule has 0 fully saturated rings. The molecule has 0 aliphatic carbocycles. The predicted octanol–water partition coefficient (Wildman–Crippen LogP) is 5.61. The first kappa shape index (κ1) is 16.9. The van der Waals surface area contributed by atoms with Crippen LogP contribution in [0.25, 0.3) is 11.0 Å². The van der Waals surface area contributed by atoms with Crippen molar-refractivity contribution in [2.75, 3.05) is 10.6 Å². The van der Waals surface area contributed by atoms with Crippen molar-refractivity contribution in [3.05, 3.63) is 95.7 Å². The van der Waals surface area contributed by atoms with Crippen LogP contribution >= 0.6 is 0 Å². The van der Waals surface area contributed by atoms with Crippen LogP contribution in [0.3, 0.4) is 0 Å². The lowest BCUT2D eigenvalue weighted by Gasteiger charge is -2.09. The van der Waals surface area contributed by atoms with E-state index in [9.17, 15) is 4.79 Å². The van der Waals surface area contributed by atoms with Gasteiger partial charge in [0.25, 0.3) is 5.91 Å². The Balaban J connectivity index is 1.65. The lowest BCUT2D eigenvalue weighted by atomic mass is 10.2. The number of anilines is 2. The Morgan fingerprint density at radius 1 is 0.926 bits per heavy atom. The highest BCUT2D eigenvalue weighted by Crippen LogP contribution is 2.32. The second-order valence-corrected chi connectivity index (χ2v) is 6.47. The Hall–Kier alpha value is -3.53. The molecule has 2 N–H and O–H groups in total. The first-order valence-corrected chi connectivity index (χ1v) is 8.88. The van der Waals surface area contributed by atoms with E-state index in [1.54, 1.807) is 0 Å². The smallest absolute Gasteiger partial charge is 0.293 e. The van der Waals surface area contributed by atoms with Crippen LogP contribution in [0.5, 0.6) is 0 Å². The van der Waals surface area contributed by atoms with Gasteiger partial charge in [-0.3, -0.25) is 4.79 Å². The Morgan fingerprint density at radius 3 is 2.52 bits per heavy atom. The van der Waals surface area contributed by atoms with Gasteiger partial charge in [0, 0.05) is 17.6 Å². The molecule has 4 aromatic rings. The monoisotopic (exact) mass is 356 g/mol. The molecule has 134 valence electrons. The Kier molecular flexibility index (Phi) is 4.62. The Morgan fingerprint density at radius 2 is 1.70 bits per heavy atom. The quantitative estimate of drug-likeness (QED) is 0.489. The molecule has 0 atom stereocenters. The van der Waals surface area contributed by atoms with E-state index < -0.39 is 0 Å². The SMILES string of the molecule is Cc1cccc(NC(=O)c2oc3ccccc3c2NCc2ccccc2)c1. The third-order valence-electron chi connectivity index (χ3n) is 4.39. The number of rotatable bonds is 5. The number of hydrogen-bond acceptors (Lipinski definition) is 3. The van der Waals surface area contributed by atoms with E-state index in [0.29, 0.717) is 17.8 Å². The average Bonchev–Trinajstić information content (AvgIpc) is 3.06. The van der Waals surface area contributed by atoms with Crippen LogP contribution in [-0.4, -0.2) is 5.91 Å². The van der Waals surface area contributed by atoms with Gasteiger partial charge >= 0.3 is 0 Å². The molecule has 0 saturated carbocycles. The summed E-state index contributed by atoms with van der Waals surface area (Å²) in [7, 11) is 0. The number of fused-ring (bicyclic) bond motifs is 1. The summed E-state index contributed by atoms with van der Waals surface area (Å²) in [5.41, 5.74) is 4.35. The lowest BCUT2D eigenvalue weighted by Crippen LogP contribution is -2.13. The molecule has 1 heterocycles. The van der Waals surface area contributed by atoms with Crippen molar-refractivity contribution < 1.29 is 9.21 Å². The third-order valence-corrected chi connectivity index (χ3v) is 4.39. The summed E-state index contributed by atoms with van der Waals surface area (Å²) >= 11 is 0. The first-order chi connectivity index (χ1) is 13.2. The van der Waals surface area contributed by atoms with Gasteiger partial charge in [0.1, 0.15) is 5.58 Å².